The molecule has 0 radical (unpaired) electrons. The van der Waals surface area contributed by atoms with Gasteiger partial charge >= 0.3 is 0 Å². The van der Waals surface area contributed by atoms with E-state index >= 15 is 0 Å². The van der Waals surface area contributed by atoms with Gasteiger partial charge in [-0.2, -0.15) is 4.31 Å². The highest BCUT2D eigenvalue weighted by Crippen LogP contribution is 2.28. The molecule has 0 fully saturated rings. The van der Waals surface area contributed by atoms with Gasteiger partial charge in [0, 0.05) is 30.9 Å². The van der Waals surface area contributed by atoms with E-state index in [1.165, 1.54) is 9.87 Å². The number of hydrogen-bond donors (Lipinski definition) is 0. The molecule has 1 aliphatic heterocycles. The van der Waals surface area contributed by atoms with Gasteiger partial charge in [0.05, 0.1) is 4.90 Å². The molecule has 0 unspecified atom stereocenters. The Kier molecular flexibility index (Phi) is 6.52. The van der Waals surface area contributed by atoms with Crippen LogP contribution in [0.5, 0.6) is 0 Å². The molecule has 6 heteroatoms. The molecule has 0 aliphatic carbocycles. The summed E-state index contributed by atoms with van der Waals surface area (Å²) in [6.45, 7) is 5.62. The minimum atomic E-state index is -3.53. The molecule has 2 aromatic rings. The Labute approximate surface area is 168 Å². The average molecular weight is 401 g/mol. The lowest BCUT2D eigenvalue weighted by Gasteiger charge is -2.29. The number of carbonyl (C=O) groups is 1. The predicted octanol–water partition coefficient (Wildman–Crippen LogP) is 4.09. The molecule has 1 aliphatic rings. The fourth-order valence-electron chi connectivity index (χ4n) is 3.67. The van der Waals surface area contributed by atoms with Crippen LogP contribution in [-0.2, 0) is 16.4 Å². The SMILES string of the molecule is CCCN(CCC)S(=O)(=O)c1ccc(C(=O)N2CCCc3ccccc32)cc1. The van der Waals surface area contributed by atoms with E-state index in [4.69, 9.17) is 0 Å². The molecule has 28 heavy (non-hydrogen) atoms. The van der Waals surface area contributed by atoms with Crippen molar-refractivity contribution in [3.8, 4) is 0 Å². The van der Waals surface area contributed by atoms with Gasteiger partial charge < -0.3 is 4.90 Å². The number of sulfonamides is 1. The molecule has 2 aromatic carbocycles. The Morgan fingerprint density at radius 1 is 1.00 bits per heavy atom. The summed E-state index contributed by atoms with van der Waals surface area (Å²) in [5.41, 5.74) is 2.64. The number of benzene rings is 2. The first-order chi connectivity index (χ1) is 13.5. The second kappa shape index (κ2) is 8.88. The quantitative estimate of drug-likeness (QED) is 0.703. The molecule has 0 spiro atoms. The van der Waals surface area contributed by atoms with Crippen molar-refractivity contribution >= 4 is 21.6 Å². The summed E-state index contributed by atoms with van der Waals surface area (Å²) in [6, 6.07) is 14.3. The molecule has 5 nitrogen and oxygen atoms in total. The van der Waals surface area contributed by atoms with Gasteiger partial charge in [-0.05, 0) is 61.6 Å². The van der Waals surface area contributed by atoms with E-state index in [0.717, 1.165) is 31.4 Å². The minimum Gasteiger partial charge on any atom is -0.308 e. The molecule has 0 saturated heterocycles. The van der Waals surface area contributed by atoms with Crippen molar-refractivity contribution in [3.63, 3.8) is 0 Å². The smallest absolute Gasteiger partial charge is 0.258 e. The van der Waals surface area contributed by atoms with E-state index in [-0.39, 0.29) is 10.8 Å². The van der Waals surface area contributed by atoms with E-state index in [1.807, 2.05) is 32.0 Å². The van der Waals surface area contributed by atoms with E-state index in [9.17, 15) is 13.2 Å². The van der Waals surface area contributed by atoms with Gasteiger partial charge in [-0.15, -0.1) is 0 Å². The van der Waals surface area contributed by atoms with Crippen LogP contribution in [0.2, 0.25) is 0 Å². The van der Waals surface area contributed by atoms with Gasteiger partial charge in [0.2, 0.25) is 10.0 Å². The van der Waals surface area contributed by atoms with Gasteiger partial charge in [0.1, 0.15) is 0 Å². The number of hydrogen-bond acceptors (Lipinski definition) is 3. The third kappa shape index (κ3) is 4.13. The van der Waals surface area contributed by atoms with Crippen molar-refractivity contribution in [2.24, 2.45) is 0 Å². The Morgan fingerprint density at radius 2 is 1.64 bits per heavy atom. The van der Waals surface area contributed by atoms with Gasteiger partial charge in [0.25, 0.3) is 5.91 Å². The number of carbonyl (C=O) groups excluding carboxylic acids is 1. The molecular weight excluding hydrogens is 372 g/mol. The number of aryl methyl sites for hydroxylation is 1. The second-order valence-electron chi connectivity index (χ2n) is 7.12. The van der Waals surface area contributed by atoms with E-state index in [2.05, 4.69) is 6.07 Å². The molecule has 0 bridgehead atoms. The molecule has 0 atom stereocenters. The van der Waals surface area contributed by atoms with Crippen molar-refractivity contribution in [1.29, 1.82) is 0 Å². The van der Waals surface area contributed by atoms with Crippen LogP contribution in [0, 0.1) is 0 Å². The monoisotopic (exact) mass is 400 g/mol. The summed E-state index contributed by atoms with van der Waals surface area (Å²) in [7, 11) is -3.53. The molecule has 0 aromatic heterocycles. The molecule has 3 rings (SSSR count). The zero-order valence-corrected chi connectivity index (χ0v) is 17.4. The van der Waals surface area contributed by atoms with Crippen LogP contribution in [0.3, 0.4) is 0 Å². The number of para-hydroxylation sites is 1. The van der Waals surface area contributed by atoms with Crippen LogP contribution in [-0.4, -0.2) is 38.3 Å². The van der Waals surface area contributed by atoms with Crippen LogP contribution >= 0.6 is 0 Å². The number of fused-ring (bicyclic) bond motifs is 1. The fraction of sp³-hybridized carbons (Fsp3) is 0.409. The summed E-state index contributed by atoms with van der Waals surface area (Å²) in [4.78, 5) is 15.1. The van der Waals surface area contributed by atoms with Crippen molar-refractivity contribution in [2.45, 2.75) is 44.4 Å². The first kappa shape index (κ1) is 20.6. The summed E-state index contributed by atoms with van der Waals surface area (Å²) in [6.07, 6.45) is 3.44. The third-order valence-corrected chi connectivity index (χ3v) is 6.95. The average Bonchev–Trinajstić information content (AvgIpc) is 2.72. The van der Waals surface area contributed by atoms with Crippen LogP contribution in [0.1, 0.15) is 49.0 Å². The Morgan fingerprint density at radius 3 is 2.29 bits per heavy atom. The molecule has 150 valence electrons. The zero-order valence-electron chi connectivity index (χ0n) is 16.6. The molecule has 1 heterocycles. The van der Waals surface area contributed by atoms with Crippen LogP contribution in [0.4, 0.5) is 5.69 Å². The number of nitrogens with zero attached hydrogens (tertiary/aromatic N) is 2. The van der Waals surface area contributed by atoms with Gasteiger partial charge in [-0.1, -0.05) is 32.0 Å². The lowest BCUT2D eigenvalue weighted by atomic mass is 10.0. The summed E-state index contributed by atoms with van der Waals surface area (Å²) in [5, 5.41) is 0. The first-order valence-electron chi connectivity index (χ1n) is 9.99. The predicted molar refractivity (Wildman–Crippen MR) is 112 cm³/mol. The highest BCUT2D eigenvalue weighted by Gasteiger charge is 2.26. The summed E-state index contributed by atoms with van der Waals surface area (Å²) in [5.74, 6) is -0.0879. The topological polar surface area (TPSA) is 57.7 Å². The highest BCUT2D eigenvalue weighted by molar-refractivity contribution is 7.89. The summed E-state index contributed by atoms with van der Waals surface area (Å²) < 4.78 is 27.3. The maximum absolute atomic E-state index is 13.0. The minimum absolute atomic E-state index is 0.0879. The largest absolute Gasteiger partial charge is 0.308 e. The second-order valence-corrected chi connectivity index (χ2v) is 9.06. The van der Waals surface area contributed by atoms with Gasteiger partial charge in [0.15, 0.2) is 0 Å². The molecule has 1 amide bonds. The zero-order chi connectivity index (χ0) is 20.1. The first-order valence-corrected chi connectivity index (χ1v) is 11.4. The normalized spacial score (nSPS) is 14.2. The van der Waals surface area contributed by atoms with Gasteiger partial charge in [-0.3, -0.25) is 4.79 Å². The van der Waals surface area contributed by atoms with Crippen molar-refractivity contribution in [3.05, 3.63) is 59.7 Å². The van der Waals surface area contributed by atoms with Crippen molar-refractivity contribution in [2.75, 3.05) is 24.5 Å². The van der Waals surface area contributed by atoms with Crippen LogP contribution in [0.15, 0.2) is 53.4 Å². The maximum atomic E-state index is 13.0. The molecule has 0 saturated carbocycles. The fourth-order valence-corrected chi connectivity index (χ4v) is 5.29. The van der Waals surface area contributed by atoms with Crippen molar-refractivity contribution < 1.29 is 13.2 Å². The third-order valence-electron chi connectivity index (χ3n) is 5.04. The molecule has 0 N–H and O–H groups in total. The van der Waals surface area contributed by atoms with Crippen LogP contribution in [0.25, 0.3) is 0 Å². The maximum Gasteiger partial charge on any atom is 0.258 e. The van der Waals surface area contributed by atoms with Crippen LogP contribution < -0.4 is 4.90 Å². The molecular formula is C22H28N2O3S. The number of rotatable bonds is 7. The summed E-state index contributed by atoms with van der Waals surface area (Å²) >= 11 is 0. The Bertz CT molecular complexity index is 917. The lowest BCUT2D eigenvalue weighted by Crippen LogP contribution is -2.35. The number of anilines is 1. The van der Waals surface area contributed by atoms with Crippen molar-refractivity contribution in [1.82, 2.24) is 4.31 Å². The van der Waals surface area contributed by atoms with E-state index < -0.39 is 10.0 Å². The standard InChI is InChI=1S/C22H28N2O3S/c1-3-15-23(16-4-2)28(26,27)20-13-11-19(12-14-20)22(25)24-17-7-9-18-8-5-6-10-21(18)24/h5-6,8,10-14H,3-4,7,9,15-17H2,1-2H3. The Balaban J connectivity index is 1.84. The Hall–Kier alpha value is -2.18. The van der Waals surface area contributed by atoms with E-state index in [0.29, 0.717) is 25.2 Å². The van der Waals surface area contributed by atoms with E-state index in [1.54, 1.807) is 29.2 Å². The van der Waals surface area contributed by atoms with Gasteiger partial charge in [-0.25, -0.2) is 8.42 Å². The highest BCUT2D eigenvalue weighted by atomic mass is 32.2. The lowest BCUT2D eigenvalue weighted by molar-refractivity contribution is 0.0985. The number of amides is 1.